The van der Waals surface area contributed by atoms with Gasteiger partial charge in [-0.2, -0.15) is 0 Å². The number of aromatic nitrogens is 6. The third-order valence-electron chi connectivity index (χ3n) is 7.36. The van der Waals surface area contributed by atoms with Gasteiger partial charge in [0, 0.05) is 39.9 Å². The van der Waals surface area contributed by atoms with E-state index in [4.69, 9.17) is 19.9 Å². The molecule has 4 aromatic carbocycles. The Labute approximate surface area is 241 Å². The van der Waals surface area contributed by atoms with Crippen LogP contribution in [0.2, 0.25) is 0 Å². The third-order valence-corrected chi connectivity index (χ3v) is 7.36. The standard InChI is InChI=1S/C36H22N6/c1-2-8-23(9-3-1)32-35(41-30-13-5-4-12-29(30)40-32)27-11-6-10-26(22-27)28-18-16-24-14-15-25-17-19-31(36-37-20-7-21-38-36)42-34(25)33(24)39-28/h1-22H. The second kappa shape index (κ2) is 9.94. The summed E-state index contributed by atoms with van der Waals surface area (Å²) >= 11 is 0. The van der Waals surface area contributed by atoms with Crippen molar-refractivity contribution in [3.05, 3.63) is 134 Å². The van der Waals surface area contributed by atoms with E-state index in [1.807, 2.05) is 60.7 Å². The molecule has 0 spiro atoms. The largest absolute Gasteiger partial charge is 0.245 e. The Hall–Kier alpha value is -5.88. The zero-order chi connectivity index (χ0) is 27.9. The number of fused-ring (bicyclic) bond motifs is 4. The van der Waals surface area contributed by atoms with Crippen molar-refractivity contribution in [3.8, 4) is 45.3 Å². The second-order valence-electron chi connectivity index (χ2n) is 10.0. The van der Waals surface area contributed by atoms with Crippen LogP contribution >= 0.6 is 0 Å². The summed E-state index contributed by atoms with van der Waals surface area (Å²) in [4.78, 5) is 29.0. The van der Waals surface area contributed by atoms with Crippen LogP contribution in [0.5, 0.6) is 0 Å². The Morgan fingerprint density at radius 2 is 0.929 bits per heavy atom. The summed E-state index contributed by atoms with van der Waals surface area (Å²) in [6.07, 6.45) is 3.45. The van der Waals surface area contributed by atoms with Gasteiger partial charge in [0.25, 0.3) is 0 Å². The molecule has 6 heteroatoms. The Balaban J connectivity index is 1.28. The van der Waals surface area contributed by atoms with Gasteiger partial charge in [-0.3, -0.25) is 0 Å². The topological polar surface area (TPSA) is 77.3 Å². The highest BCUT2D eigenvalue weighted by molar-refractivity contribution is 6.04. The van der Waals surface area contributed by atoms with Crippen molar-refractivity contribution in [1.29, 1.82) is 0 Å². The van der Waals surface area contributed by atoms with Gasteiger partial charge in [0.15, 0.2) is 5.82 Å². The predicted molar refractivity (Wildman–Crippen MR) is 167 cm³/mol. The number of rotatable bonds is 4. The van der Waals surface area contributed by atoms with E-state index in [1.54, 1.807) is 18.5 Å². The van der Waals surface area contributed by atoms with Gasteiger partial charge < -0.3 is 0 Å². The van der Waals surface area contributed by atoms with Crippen LogP contribution in [0.4, 0.5) is 0 Å². The van der Waals surface area contributed by atoms with E-state index in [2.05, 4.69) is 64.6 Å². The van der Waals surface area contributed by atoms with Crippen molar-refractivity contribution in [3.63, 3.8) is 0 Å². The highest BCUT2D eigenvalue weighted by Crippen LogP contribution is 2.34. The maximum absolute atomic E-state index is 5.13. The fraction of sp³-hybridized carbons (Fsp3) is 0. The van der Waals surface area contributed by atoms with Gasteiger partial charge in [0.1, 0.15) is 5.69 Å². The highest BCUT2D eigenvalue weighted by Gasteiger charge is 2.15. The fourth-order valence-corrected chi connectivity index (χ4v) is 5.31. The quantitative estimate of drug-likeness (QED) is 0.210. The molecule has 0 unspecified atom stereocenters. The molecule has 42 heavy (non-hydrogen) atoms. The average molecular weight is 539 g/mol. The number of para-hydroxylation sites is 2. The summed E-state index contributed by atoms with van der Waals surface area (Å²) in [5, 5.41) is 2.03. The summed E-state index contributed by atoms with van der Waals surface area (Å²) in [6, 6.07) is 40.7. The van der Waals surface area contributed by atoms with Gasteiger partial charge in [-0.25, -0.2) is 29.9 Å². The van der Waals surface area contributed by atoms with Gasteiger partial charge >= 0.3 is 0 Å². The van der Waals surface area contributed by atoms with E-state index in [9.17, 15) is 0 Å². The number of nitrogens with zero attached hydrogens (tertiary/aromatic N) is 6. The molecule has 0 amide bonds. The second-order valence-corrected chi connectivity index (χ2v) is 10.0. The fourth-order valence-electron chi connectivity index (χ4n) is 5.31. The lowest BCUT2D eigenvalue weighted by Gasteiger charge is -2.12. The van der Waals surface area contributed by atoms with Crippen molar-refractivity contribution in [2.75, 3.05) is 0 Å². The van der Waals surface area contributed by atoms with Crippen molar-refractivity contribution in [2.45, 2.75) is 0 Å². The Morgan fingerprint density at radius 1 is 0.381 bits per heavy atom. The molecular weight excluding hydrogens is 516 g/mol. The van der Waals surface area contributed by atoms with Crippen molar-refractivity contribution in [1.82, 2.24) is 29.9 Å². The first-order chi connectivity index (χ1) is 20.8. The van der Waals surface area contributed by atoms with Gasteiger partial charge in [0.05, 0.1) is 39.1 Å². The van der Waals surface area contributed by atoms with Crippen LogP contribution in [0.3, 0.4) is 0 Å². The molecule has 4 heterocycles. The molecule has 8 aromatic rings. The molecule has 0 bridgehead atoms. The molecule has 0 fully saturated rings. The van der Waals surface area contributed by atoms with Crippen molar-refractivity contribution in [2.24, 2.45) is 0 Å². The van der Waals surface area contributed by atoms with E-state index >= 15 is 0 Å². The molecule has 0 radical (unpaired) electrons. The molecule has 4 aromatic heterocycles. The van der Waals surface area contributed by atoms with Gasteiger partial charge in [-0.05, 0) is 36.4 Å². The molecule has 0 aliphatic carbocycles. The number of benzene rings is 4. The van der Waals surface area contributed by atoms with Gasteiger partial charge in [-0.1, -0.05) is 84.9 Å². The van der Waals surface area contributed by atoms with Crippen LogP contribution in [-0.4, -0.2) is 29.9 Å². The lowest BCUT2D eigenvalue weighted by molar-refractivity contribution is 1.15. The molecule has 0 saturated carbocycles. The van der Waals surface area contributed by atoms with Crippen LogP contribution in [0.25, 0.3) is 78.1 Å². The molecule has 196 valence electrons. The van der Waals surface area contributed by atoms with Crippen LogP contribution in [0, 0.1) is 0 Å². The Morgan fingerprint density at radius 3 is 1.64 bits per heavy atom. The summed E-state index contributed by atoms with van der Waals surface area (Å²) in [5.41, 5.74) is 9.63. The Bertz CT molecular complexity index is 2250. The summed E-state index contributed by atoms with van der Waals surface area (Å²) < 4.78 is 0. The van der Waals surface area contributed by atoms with Gasteiger partial charge in [0.2, 0.25) is 0 Å². The maximum atomic E-state index is 5.13. The lowest BCUT2D eigenvalue weighted by atomic mass is 10.00. The molecule has 8 rings (SSSR count). The lowest BCUT2D eigenvalue weighted by Crippen LogP contribution is -1.96. The first-order valence-corrected chi connectivity index (χ1v) is 13.7. The van der Waals surface area contributed by atoms with Crippen LogP contribution in [0.1, 0.15) is 0 Å². The Kier molecular flexibility index (Phi) is 5.67. The van der Waals surface area contributed by atoms with E-state index in [1.165, 1.54) is 0 Å². The number of hydrogen-bond donors (Lipinski definition) is 0. The number of pyridine rings is 2. The van der Waals surface area contributed by atoms with Crippen LogP contribution in [0.15, 0.2) is 134 Å². The first kappa shape index (κ1) is 24.0. The molecule has 0 aliphatic heterocycles. The zero-order valence-electron chi connectivity index (χ0n) is 22.4. The molecule has 0 N–H and O–H groups in total. The minimum atomic E-state index is 0.589. The third kappa shape index (κ3) is 4.22. The van der Waals surface area contributed by atoms with Crippen LogP contribution in [-0.2, 0) is 0 Å². The van der Waals surface area contributed by atoms with E-state index in [0.717, 1.165) is 66.6 Å². The van der Waals surface area contributed by atoms with Gasteiger partial charge in [-0.15, -0.1) is 0 Å². The first-order valence-electron chi connectivity index (χ1n) is 13.7. The normalized spacial score (nSPS) is 11.3. The molecule has 6 nitrogen and oxygen atoms in total. The summed E-state index contributed by atoms with van der Waals surface area (Å²) in [7, 11) is 0. The zero-order valence-corrected chi connectivity index (χ0v) is 22.4. The van der Waals surface area contributed by atoms with E-state index in [0.29, 0.717) is 11.5 Å². The SMILES string of the molecule is c1ccc(-c2nc3ccccc3nc2-c2cccc(-c3ccc4ccc5ccc(-c6ncccn6)nc5c4n3)c2)cc1. The molecule has 0 aliphatic rings. The van der Waals surface area contributed by atoms with Crippen LogP contribution < -0.4 is 0 Å². The smallest absolute Gasteiger partial charge is 0.178 e. The number of hydrogen-bond acceptors (Lipinski definition) is 6. The van der Waals surface area contributed by atoms with Crippen molar-refractivity contribution < 1.29 is 0 Å². The monoisotopic (exact) mass is 538 g/mol. The maximum Gasteiger partial charge on any atom is 0.178 e. The van der Waals surface area contributed by atoms with Crippen molar-refractivity contribution >= 4 is 32.8 Å². The van der Waals surface area contributed by atoms with E-state index in [-0.39, 0.29) is 0 Å². The van der Waals surface area contributed by atoms with E-state index < -0.39 is 0 Å². The molecular formula is C36H22N6. The molecule has 0 atom stereocenters. The summed E-state index contributed by atoms with van der Waals surface area (Å²) in [5.74, 6) is 0.589. The minimum Gasteiger partial charge on any atom is -0.245 e. The average Bonchev–Trinajstić information content (AvgIpc) is 3.08. The minimum absolute atomic E-state index is 0.589. The summed E-state index contributed by atoms with van der Waals surface area (Å²) in [6.45, 7) is 0. The predicted octanol–water partition coefficient (Wildman–Crippen LogP) is 8.18. The highest BCUT2D eigenvalue weighted by atomic mass is 14.9. The molecule has 0 saturated heterocycles.